The van der Waals surface area contributed by atoms with Gasteiger partial charge in [0, 0.05) is 11.3 Å². The Kier molecular flexibility index (Phi) is 4.29. The molecule has 1 heterocycles. The number of para-hydroxylation sites is 2. The normalized spacial score (nSPS) is 13.0. The van der Waals surface area contributed by atoms with Gasteiger partial charge in [-0.1, -0.05) is 24.3 Å². The standard InChI is InChI=1S/C18H17N3O3/c1-12(22)13-5-4-6-14(9-13)20-17(23)11-21-16-8-3-2-7-15(16)19-10-18(21)24/h2-9,19H,10-11H2,1H3,(H,20,23). The molecule has 122 valence electrons. The minimum Gasteiger partial charge on any atom is -0.374 e. The number of ketones is 1. The van der Waals surface area contributed by atoms with Crippen molar-refractivity contribution in [3.8, 4) is 0 Å². The molecule has 0 spiro atoms. The number of nitrogens with zero attached hydrogens (tertiary/aromatic N) is 1. The van der Waals surface area contributed by atoms with E-state index in [2.05, 4.69) is 10.6 Å². The molecule has 2 N–H and O–H groups in total. The zero-order chi connectivity index (χ0) is 17.1. The summed E-state index contributed by atoms with van der Waals surface area (Å²) < 4.78 is 0. The molecule has 0 aromatic heterocycles. The highest BCUT2D eigenvalue weighted by Gasteiger charge is 2.25. The van der Waals surface area contributed by atoms with Gasteiger partial charge in [-0.25, -0.2) is 0 Å². The minimum atomic E-state index is -0.319. The van der Waals surface area contributed by atoms with Crippen molar-refractivity contribution in [2.75, 3.05) is 28.6 Å². The van der Waals surface area contributed by atoms with Crippen LogP contribution in [0.1, 0.15) is 17.3 Å². The van der Waals surface area contributed by atoms with Crippen LogP contribution in [0.3, 0.4) is 0 Å². The molecule has 24 heavy (non-hydrogen) atoms. The van der Waals surface area contributed by atoms with E-state index in [1.165, 1.54) is 11.8 Å². The second-order valence-electron chi connectivity index (χ2n) is 5.54. The molecular weight excluding hydrogens is 306 g/mol. The maximum atomic E-state index is 12.3. The highest BCUT2D eigenvalue weighted by molar-refractivity contribution is 6.08. The summed E-state index contributed by atoms with van der Waals surface area (Å²) >= 11 is 0. The van der Waals surface area contributed by atoms with Gasteiger partial charge in [-0.2, -0.15) is 0 Å². The molecule has 1 aliphatic rings. The Morgan fingerprint density at radius 3 is 2.75 bits per heavy atom. The van der Waals surface area contributed by atoms with Gasteiger partial charge in [0.15, 0.2) is 5.78 Å². The van der Waals surface area contributed by atoms with Crippen LogP contribution in [0.15, 0.2) is 48.5 Å². The molecule has 0 unspecified atom stereocenters. The minimum absolute atomic E-state index is 0.0719. The first kappa shape index (κ1) is 15.7. The van der Waals surface area contributed by atoms with E-state index in [9.17, 15) is 14.4 Å². The van der Waals surface area contributed by atoms with Gasteiger partial charge in [0.25, 0.3) is 0 Å². The monoisotopic (exact) mass is 323 g/mol. The Hall–Kier alpha value is -3.15. The fraction of sp³-hybridized carbons (Fsp3) is 0.167. The smallest absolute Gasteiger partial charge is 0.246 e. The molecule has 0 bridgehead atoms. The lowest BCUT2D eigenvalue weighted by Gasteiger charge is -2.29. The van der Waals surface area contributed by atoms with Crippen molar-refractivity contribution in [2.45, 2.75) is 6.92 Å². The molecule has 0 atom stereocenters. The average Bonchev–Trinajstić information content (AvgIpc) is 2.57. The van der Waals surface area contributed by atoms with Gasteiger partial charge in [-0.3, -0.25) is 19.3 Å². The molecule has 1 aliphatic heterocycles. The first-order valence-electron chi connectivity index (χ1n) is 7.59. The SMILES string of the molecule is CC(=O)c1cccc(NC(=O)CN2C(=O)CNc3ccccc32)c1. The second-order valence-corrected chi connectivity index (χ2v) is 5.54. The van der Waals surface area contributed by atoms with Crippen molar-refractivity contribution in [3.05, 3.63) is 54.1 Å². The van der Waals surface area contributed by atoms with E-state index in [1.54, 1.807) is 30.3 Å². The van der Waals surface area contributed by atoms with Gasteiger partial charge in [-0.15, -0.1) is 0 Å². The molecule has 0 radical (unpaired) electrons. The van der Waals surface area contributed by atoms with Crippen molar-refractivity contribution < 1.29 is 14.4 Å². The topological polar surface area (TPSA) is 78.5 Å². The van der Waals surface area contributed by atoms with Crippen LogP contribution in [0.4, 0.5) is 17.1 Å². The van der Waals surface area contributed by atoms with Crippen LogP contribution in [0.5, 0.6) is 0 Å². The lowest BCUT2D eigenvalue weighted by molar-refractivity contribution is -0.120. The third-order valence-electron chi connectivity index (χ3n) is 3.78. The zero-order valence-electron chi connectivity index (χ0n) is 13.2. The molecule has 6 heteroatoms. The first-order chi connectivity index (χ1) is 11.5. The lowest BCUT2D eigenvalue weighted by atomic mass is 10.1. The predicted octanol–water partition coefficient (Wildman–Crippen LogP) is 2.29. The maximum Gasteiger partial charge on any atom is 0.246 e. The number of benzene rings is 2. The molecule has 0 saturated carbocycles. The largest absolute Gasteiger partial charge is 0.374 e. The second kappa shape index (κ2) is 6.54. The Morgan fingerprint density at radius 1 is 1.17 bits per heavy atom. The van der Waals surface area contributed by atoms with Crippen LogP contribution < -0.4 is 15.5 Å². The number of fused-ring (bicyclic) bond motifs is 1. The van der Waals surface area contributed by atoms with E-state index < -0.39 is 0 Å². The molecule has 2 aromatic carbocycles. The van der Waals surface area contributed by atoms with Crippen LogP contribution in [-0.2, 0) is 9.59 Å². The van der Waals surface area contributed by atoms with Crippen molar-refractivity contribution in [1.82, 2.24) is 0 Å². The highest BCUT2D eigenvalue weighted by atomic mass is 16.2. The summed E-state index contributed by atoms with van der Waals surface area (Å²) in [7, 11) is 0. The van der Waals surface area contributed by atoms with Crippen molar-refractivity contribution >= 4 is 34.7 Å². The Labute approximate surface area is 139 Å². The van der Waals surface area contributed by atoms with E-state index in [0.29, 0.717) is 16.9 Å². The van der Waals surface area contributed by atoms with Crippen LogP contribution in [0, 0.1) is 0 Å². The predicted molar refractivity (Wildman–Crippen MR) is 92.4 cm³/mol. The summed E-state index contributed by atoms with van der Waals surface area (Å²) in [5.74, 6) is -0.556. The first-order valence-corrected chi connectivity index (χ1v) is 7.59. The summed E-state index contributed by atoms with van der Waals surface area (Å²) in [6.07, 6.45) is 0. The molecule has 6 nitrogen and oxygen atoms in total. The Bertz CT molecular complexity index is 817. The van der Waals surface area contributed by atoms with Crippen molar-refractivity contribution in [1.29, 1.82) is 0 Å². The third kappa shape index (κ3) is 3.27. The number of rotatable bonds is 4. The van der Waals surface area contributed by atoms with Crippen molar-refractivity contribution in [2.24, 2.45) is 0 Å². The number of carbonyl (C=O) groups is 3. The molecule has 3 rings (SSSR count). The summed E-state index contributed by atoms with van der Waals surface area (Å²) in [5, 5.41) is 5.76. The third-order valence-corrected chi connectivity index (χ3v) is 3.78. The number of hydrogen-bond donors (Lipinski definition) is 2. The number of hydrogen-bond acceptors (Lipinski definition) is 4. The number of amides is 2. The van der Waals surface area contributed by atoms with E-state index >= 15 is 0 Å². The number of carbonyl (C=O) groups excluding carboxylic acids is 3. The Morgan fingerprint density at radius 2 is 1.96 bits per heavy atom. The number of Topliss-reactive ketones (excluding diaryl/α,β-unsaturated/α-hetero) is 1. The van der Waals surface area contributed by atoms with Crippen LogP contribution in [-0.4, -0.2) is 30.7 Å². The lowest BCUT2D eigenvalue weighted by Crippen LogP contribution is -2.44. The number of nitrogens with one attached hydrogen (secondary N) is 2. The van der Waals surface area contributed by atoms with Gasteiger partial charge >= 0.3 is 0 Å². The summed E-state index contributed by atoms with van der Waals surface area (Å²) in [6, 6.07) is 14.1. The quantitative estimate of drug-likeness (QED) is 0.846. The fourth-order valence-corrected chi connectivity index (χ4v) is 2.59. The van der Waals surface area contributed by atoms with E-state index in [-0.39, 0.29) is 30.7 Å². The van der Waals surface area contributed by atoms with Gasteiger partial charge in [0.1, 0.15) is 6.54 Å². The van der Waals surface area contributed by atoms with Gasteiger partial charge in [0.05, 0.1) is 17.9 Å². The van der Waals surface area contributed by atoms with Crippen LogP contribution in [0.2, 0.25) is 0 Å². The molecular formula is C18H17N3O3. The van der Waals surface area contributed by atoms with Crippen LogP contribution >= 0.6 is 0 Å². The summed E-state index contributed by atoms with van der Waals surface area (Å²) in [5.41, 5.74) is 2.56. The molecule has 2 amide bonds. The molecule has 0 saturated heterocycles. The van der Waals surface area contributed by atoms with E-state index in [1.807, 2.05) is 18.2 Å². The summed E-state index contributed by atoms with van der Waals surface area (Å²) in [4.78, 5) is 37.3. The van der Waals surface area contributed by atoms with E-state index in [4.69, 9.17) is 0 Å². The number of anilines is 3. The molecule has 2 aromatic rings. The van der Waals surface area contributed by atoms with E-state index in [0.717, 1.165) is 5.69 Å². The maximum absolute atomic E-state index is 12.3. The Balaban J connectivity index is 1.74. The van der Waals surface area contributed by atoms with Crippen molar-refractivity contribution in [3.63, 3.8) is 0 Å². The highest BCUT2D eigenvalue weighted by Crippen LogP contribution is 2.28. The van der Waals surface area contributed by atoms with Gasteiger partial charge in [-0.05, 0) is 31.2 Å². The average molecular weight is 323 g/mol. The van der Waals surface area contributed by atoms with Gasteiger partial charge < -0.3 is 10.6 Å². The van der Waals surface area contributed by atoms with Crippen LogP contribution in [0.25, 0.3) is 0 Å². The van der Waals surface area contributed by atoms with Gasteiger partial charge in [0.2, 0.25) is 11.8 Å². The zero-order valence-corrected chi connectivity index (χ0v) is 13.2. The fourth-order valence-electron chi connectivity index (χ4n) is 2.59. The molecule has 0 fully saturated rings. The molecule has 0 aliphatic carbocycles. The summed E-state index contributed by atoms with van der Waals surface area (Å²) in [6.45, 7) is 1.54.